The molecule has 1 aromatic heterocycles. The van der Waals surface area contributed by atoms with E-state index < -0.39 is 12.0 Å². The van der Waals surface area contributed by atoms with Crippen LogP contribution in [0.3, 0.4) is 0 Å². The summed E-state index contributed by atoms with van der Waals surface area (Å²) in [6.07, 6.45) is 2.22. The van der Waals surface area contributed by atoms with E-state index in [1.54, 1.807) is 36.5 Å². The van der Waals surface area contributed by atoms with Gasteiger partial charge in [-0.2, -0.15) is 5.26 Å². The minimum atomic E-state index is -0.907. The van der Waals surface area contributed by atoms with Crippen LogP contribution in [0, 0.1) is 11.3 Å². The summed E-state index contributed by atoms with van der Waals surface area (Å²) >= 11 is 0. The van der Waals surface area contributed by atoms with Crippen LogP contribution in [0.15, 0.2) is 54.7 Å². The number of nitrogens with zero attached hydrogens (tertiary/aromatic N) is 3. The normalized spacial score (nSPS) is 15.8. The minimum absolute atomic E-state index is 0.217. The first kappa shape index (κ1) is 21.6. The quantitative estimate of drug-likeness (QED) is 0.530. The lowest BCUT2D eigenvalue weighted by Gasteiger charge is -2.37. The first-order valence-corrected chi connectivity index (χ1v) is 10.6. The van der Waals surface area contributed by atoms with Gasteiger partial charge in [-0.05, 0) is 30.3 Å². The third-order valence-electron chi connectivity index (χ3n) is 5.85. The zero-order valence-corrected chi connectivity index (χ0v) is 17.6. The molecule has 2 heterocycles. The molecule has 0 radical (unpaired) electrons. The third-order valence-corrected chi connectivity index (χ3v) is 5.85. The SMILES string of the molecule is N#CCCN1CCN(C(C(=O)O)c2c[nH]c3ccc(NC(=O)c4ccccc4)cc23)CC1. The van der Waals surface area contributed by atoms with Crippen molar-refractivity contribution in [2.75, 3.05) is 38.0 Å². The van der Waals surface area contributed by atoms with Gasteiger partial charge >= 0.3 is 5.97 Å². The fourth-order valence-corrected chi connectivity index (χ4v) is 4.18. The van der Waals surface area contributed by atoms with Crippen molar-refractivity contribution in [1.82, 2.24) is 14.8 Å². The van der Waals surface area contributed by atoms with Crippen LogP contribution in [-0.2, 0) is 4.79 Å². The van der Waals surface area contributed by atoms with Gasteiger partial charge in [0.25, 0.3) is 5.91 Å². The molecule has 0 saturated carbocycles. The molecule has 164 valence electrons. The summed E-state index contributed by atoms with van der Waals surface area (Å²) in [4.78, 5) is 32.1. The number of benzene rings is 2. The van der Waals surface area contributed by atoms with Gasteiger partial charge < -0.3 is 15.4 Å². The van der Waals surface area contributed by atoms with Gasteiger partial charge in [0.15, 0.2) is 0 Å². The van der Waals surface area contributed by atoms with E-state index in [-0.39, 0.29) is 5.91 Å². The Morgan fingerprint density at radius 2 is 1.88 bits per heavy atom. The molecule has 3 aromatic rings. The van der Waals surface area contributed by atoms with E-state index in [1.165, 1.54) is 0 Å². The van der Waals surface area contributed by atoms with Crippen molar-refractivity contribution in [1.29, 1.82) is 5.26 Å². The lowest BCUT2D eigenvalue weighted by Crippen LogP contribution is -2.49. The maximum absolute atomic E-state index is 12.5. The van der Waals surface area contributed by atoms with Crippen molar-refractivity contribution >= 4 is 28.5 Å². The van der Waals surface area contributed by atoms with Gasteiger partial charge in [-0.15, -0.1) is 0 Å². The topological polar surface area (TPSA) is 112 Å². The molecule has 1 unspecified atom stereocenters. The third kappa shape index (κ3) is 4.64. The lowest BCUT2D eigenvalue weighted by molar-refractivity contribution is -0.144. The molecule has 1 fully saturated rings. The number of H-pyrrole nitrogens is 1. The molecule has 0 spiro atoms. The highest BCUT2D eigenvalue weighted by molar-refractivity contribution is 6.05. The van der Waals surface area contributed by atoms with Crippen LogP contribution >= 0.6 is 0 Å². The number of rotatable bonds is 7. The molecule has 1 saturated heterocycles. The predicted molar refractivity (Wildman–Crippen MR) is 121 cm³/mol. The Morgan fingerprint density at radius 3 is 2.56 bits per heavy atom. The van der Waals surface area contributed by atoms with Gasteiger partial charge in [-0.1, -0.05) is 18.2 Å². The molecular weight excluding hydrogens is 406 g/mol. The summed E-state index contributed by atoms with van der Waals surface area (Å²) < 4.78 is 0. The van der Waals surface area contributed by atoms with Gasteiger partial charge in [-0.25, -0.2) is 0 Å². The first-order chi connectivity index (χ1) is 15.6. The average Bonchev–Trinajstić information content (AvgIpc) is 3.22. The van der Waals surface area contributed by atoms with E-state index in [0.29, 0.717) is 42.9 Å². The molecule has 4 rings (SSSR count). The smallest absolute Gasteiger partial charge is 0.325 e. The molecule has 1 aliphatic rings. The number of anilines is 1. The molecule has 8 nitrogen and oxygen atoms in total. The predicted octanol–water partition coefficient (Wildman–Crippen LogP) is 3.08. The van der Waals surface area contributed by atoms with Gasteiger partial charge in [-0.3, -0.25) is 19.4 Å². The second kappa shape index (κ2) is 9.64. The maximum Gasteiger partial charge on any atom is 0.325 e. The van der Waals surface area contributed by atoms with E-state index in [9.17, 15) is 14.7 Å². The van der Waals surface area contributed by atoms with Gasteiger partial charge in [0, 0.05) is 73.1 Å². The summed E-state index contributed by atoms with van der Waals surface area (Å²) in [7, 11) is 0. The second-order valence-corrected chi connectivity index (χ2v) is 7.85. The summed E-state index contributed by atoms with van der Waals surface area (Å²) in [5.41, 5.74) is 2.66. The summed E-state index contributed by atoms with van der Waals surface area (Å²) in [6, 6.07) is 15.8. The Kier molecular flexibility index (Phi) is 6.50. The fraction of sp³-hybridized carbons (Fsp3) is 0.292. The Balaban J connectivity index is 1.56. The van der Waals surface area contributed by atoms with E-state index in [4.69, 9.17) is 5.26 Å². The van der Waals surface area contributed by atoms with Crippen LogP contribution < -0.4 is 5.32 Å². The zero-order valence-electron chi connectivity index (χ0n) is 17.6. The van der Waals surface area contributed by atoms with E-state index >= 15 is 0 Å². The number of aliphatic carboxylic acids is 1. The molecule has 3 N–H and O–H groups in total. The number of carboxylic acid groups (broad SMARTS) is 1. The molecule has 32 heavy (non-hydrogen) atoms. The number of carboxylic acids is 1. The average molecular weight is 431 g/mol. The van der Waals surface area contributed by atoms with E-state index in [2.05, 4.69) is 21.3 Å². The van der Waals surface area contributed by atoms with Crippen molar-refractivity contribution < 1.29 is 14.7 Å². The highest BCUT2D eigenvalue weighted by Gasteiger charge is 2.32. The molecule has 1 amide bonds. The van der Waals surface area contributed by atoms with Gasteiger partial charge in [0.05, 0.1) is 6.07 Å². The van der Waals surface area contributed by atoms with Crippen molar-refractivity contribution in [2.24, 2.45) is 0 Å². The van der Waals surface area contributed by atoms with Crippen LogP contribution in [-0.4, -0.2) is 64.5 Å². The number of piperazine rings is 1. The standard InChI is InChI=1S/C24H25N5O3/c25-9-4-10-28-11-13-29(14-12-28)22(24(31)32)20-16-26-21-8-7-18(15-19(20)21)27-23(30)17-5-2-1-3-6-17/h1-3,5-8,15-16,22,26H,4,10-14H2,(H,27,30)(H,31,32). The Hall–Kier alpha value is -3.67. The van der Waals surface area contributed by atoms with Gasteiger partial charge in [0.2, 0.25) is 0 Å². The molecule has 8 heteroatoms. The number of nitrogens with one attached hydrogen (secondary N) is 2. The minimum Gasteiger partial charge on any atom is -0.480 e. The number of aromatic nitrogens is 1. The van der Waals surface area contributed by atoms with Crippen LogP contribution in [0.4, 0.5) is 5.69 Å². The number of hydrogen-bond acceptors (Lipinski definition) is 5. The maximum atomic E-state index is 12.5. The number of hydrogen-bond donors (Lipinski definition) is 3. The molecule has 2 aromatic carbocycles. The monoisotopic (exact) mass is 431 g/mol. The molecule has 0 aliphatic carbocycles. The van der Waals surface area contributed by atoms with Gasteiger partial charge in [0.1, 0.15) is 6.04 Å². The Morgan fingerprint density at radius 1 is 1.12 bits per heavy atom. The largest absolute Gasteiger partial charge is 0.480 e. The number of carbonyl (C=O) groups excluding carboxylic acids is 1. The van der Waals surface area contributed by atoms with Crippen molar-refractivity contribution in [3.63, 3.8) is 0 Å². The Bertz CT molecular complexity index is 1140. The molecule has 1 aliphatic heterocycles. The van der Waals surface area contributed by atoms with Crippen LogP contribution in [0.5, 0.6) is 0 Å². The molecule has 1 atom stereocenters. The molecule has 0 bridgehead atoms. The highest BCUT2D eigenvalue weighted by atomic mass is 16.4. The highest BCUT2D eigenvalue weighted by Crippen LogP contribution is 2.31. The number of fused-ring (bicyclic) bond motifs is 1. The number of nitriles is 1. The fourth-order valence-electron chi connectivity index (χ4n) is 4.18. The van der Waals surface area contributed by atoms with Crippen LogP contribution in [0.25, 0.3) is 10.9 Å². The lowest BCUT2D eigenvalue weighted by atomic mass is 10.0. The number of aromatic amines is 1. The second-order valence-electron chi connectivity index (χ2n) is 7.85. The number of carbonyl (C=O) groups is 2. The number of amides is 1. The van der Waals surface area contributed by atoms with E-state index in [0.717, 1.165) is 24.0 Å². The van der Waals surface area contributed by atoms with Crippen LogP contribution in [0.1, 0.15) is 28.4 Å². The van der Waals surface area contributed by atoms with Crippen molar-refractivity contribution in [3.8, 4) is 6.07 Å². The summed E-state index contributed by atoms with van der Waals surface area (Å²) in [5, 5.41) is 22.5. The van der Waals surface area contributed by atoms with Crippen LogP contribution in [0.2, 0.25) is 0 Å². The zero-order chi connectivity index (χ0) is 22.5. The van der Waals surface area contributed by atoms with E-state index in [1.807, 2.05) is 23.1 Å². The van der Waals surface area contributed by atoms with Crippen molar-refractivity contribution in [3.05, 3.63) is 65.9 Å². The molecular formula is C24H25N5O3. The Labute approximate surface area is 186 Å². The first-order valence-electron chi connectivity index (χ1n) is 10.6. The summed E-state index contributed by atoms with van der Waals surface area (Å²) in [6.45, 7) is 3.39. The summed E-state index contributed by atoms with van der Waals surface area (Å²) in [5.74, 6) is -1.12. The van der Waals surface area contributed by atoms with Crippen molar-refractivity contribution in [2.45, 2.75) is 12.5 Å².